The molecule has 0 radical (unpaired) electrons. The summed E-state index contributed by atoms with van der Waals surface area (Å²) in [5, 5.41) is 3.00. The number of carbonyl (C=O) groups is 1. The van der Waals surface area contributed by atoms with Crippen molar-refractivity contribution in [1.29, 1.82) is 0 Å². The van der Waals surface area contributed by atoms with E-state index in [1.54, 1.807) is 7.11 Å². The lowest BCUT2D eigenvalue weighted by Crippen LogP contribution is -2.50. The summed E-state index contributed by atoms with van der Waals surface area (Å²) in [6.45, 7) is 5.20. The minimum Gasteiger partial charge on any atom is -0.497 e. The van der Waals surface area contributed by atoms with E-state index in [9.17, 15) is 4.79 Å². The highest BCUT2D eigenvalue weighted by molar-refractivity contribution is 5.78. The van der Waals surface area contributed by atoms with Crippen molar-refractivity contribution < 1.29 is 14.3 Å². The van der Waals surface area contributed by atoms with E-state index in [0.717, 1.165) is 63.0 Å². The number of rotatable bonds is 7. The molecule has 0 bridgehead atoms. The molecule has 3 heterocycles. The molecule has 1 amide bonds. The second kappa shape index (κ2) is 9.28. The molecule has 1 aromatic heterocycles. The van der Waals surface area contributed by atoms with Crippen molar-refractivity contribution in [3.05, 3.63) is 36.7 Å². The number of benzene rings is 1. The predicted molar refractivity (Wildman–Crippen MR) is 111 cm³/mol. The minimum atomic E-state index is 0.0758. The molecule has 2 aliphatic heterocycles. The van der Waals surface area contributed by atoms with Crippen LogP contribution in [0, 0.1) is 0 Å². The molecule has 2 aromatic rings. The number of carbonyl (C=O) groups excluding carboxylic acids is 1. The maximum atomic E-state index is 12.2. The molecular formula is C21H29N5O3. The smallest absolute Gasteiger partial charge is 0.234 e. The molecule has 0 spiro atoms. The zero-order valence-electron chi connectivity index (χ0n) is 16.9. The van der Waals surface area contributed by atoms with Gasteiger partial charge in [0.2, 0.25) is 11.9 Å². The van der Waals surface area contributed by atoms with Crippen molar-refractivity contribution >= 4 is 11.9 Å². The summed E-state index contributed by atoms with van der Waals surface area (Å²) in [7, 11) is 1.67. The van der Waals surface area contributed by atoms with Crippen molar-refractivity contribution in [3.63, 3.8) is 0 Å². The summed E-state index contributed by atoms with van der Waals surface area (Å²) in [6, 6.07) is 7.95. The van der Waals surface area contributed by atoms with Crippen LogP contribution in [0.4, 0.5) is 5.95 Å². The van der Waals surface area contributed by atoms with Crippen molar-refractivity contribution in [2.75, 3.05) is 57.9 Å². The molecule has 1 unspecified atom stereocenters. The number of anilines is 1. The van der Waals surface area contributed by atoms with Gasteiger partial charge in [0.05, 0.1) is 25.4 Å². The molecule has 4 rings (SSSR count). The van der Waals surface area contributed by atoms with Crippen LogP contribution in [0.2, 0.25) is 0 Å². The van der Waals surface area contributed by atoms with E-state index in [1.807, 2.05) is 36.7 Å². The average Bonchev–Trinajstić information content (AvgIpc) is 3.45. The van der Waals surface area contributed by atoms with E-state index < -0.39 is 0 Å². The number of nitrogens with one attached hydrogen (secondary N) is 1. The quantitative estimate of drug-likeness (QED) is 0.757. The lowest BCUT2D eigenvalue weighted by Gasteiger charge is -2.35. The number of aromatic nitrogens is 2. The number of nitrogens with zero attached hydrogens (tertiary/aromatic N) is 4. The molecule has 2 saturated heterocycles. The van der Waals surface area contributed by atoms with Gasteiger partial charge in [-0.25, -0.2) is 4.98 Å². The van der Waals surface area contributed by atoms with E-state index in [0.29, 0.717) is 13.1 Å². The summed E-state index contributed by atoms with van der Waals surface area (Å²) in [6.07, 6.45) is 6.10. The number of imidazole rings is 1. The number of hydrogen-bond donors (Lipinski definition) is 1. The molecule has 1 atom stereocenters. The van der Waals surface area contributed by atoms with Crippen molar-refractivity contribution in [2.24, 2.45) is 0 Å². The number of methoxy groups -OCH3 is 1. The highest BCUT2D eigenvalue weighted by atomic mass is 16.5. The Bertz CT molecular complexity index is 810. The first kappa shape index (κ1) is 19.7. The van der Waals surface area contributed by atoms with Crippen molar-refractivity contribution in [3.8, 4) is 11.4 Å². The Balaban J connectivity index is 1.30. The van der Waals surface area contributed by atoms with Gasteiger partial charge in [0.25, 0.3) is 0 Å². The zero-order valence-corrected chi connectivity index (χ0v) is 16.9. The molecular weight excluding hydrogens is 370 g/mol. The first-order chi connectivity index (χ1) is 14.2. The summed E-state index contributed by atoms with van der Waals surface area (Å²) in [4.78, 5) is 21.3. The normalized spacial score (nSPS) is 20.0. The van der Waals surface area contributed by atoms with E-state index in [2.05, 4.69) is 24.7 Å². The van der Waals surface area contributed by atoms with Crippen LogP contribution in [0.25, 0.3) is 5.69 Å². The van der Waals surface area contributed by atoms with Gasteiger partial charge in [-0.2, -0.15) is 0 Å². The molecule has 1 N–H and O–H groups in total. The zero-order chi connectivity index (χ0) is 20.1. The summed E-state index contributed by atoms with van der Waals surface area (Å²) in [5.74, 6) is 1.81. The Morgan fingerprint density at radius 3 is 2.93 bits per heavy atom. The van der Waals surface area contributed by atoms with Gasteiger partial charge >= 0.3 is 0 Å². The molecule has 2 fully saturated rings. The van der Waals surface area contributed by atoms with Gasteiger partial charge in [0.1, 0.15) is 5.75 Å². The molecule has 8 nitrogen and oxygen atoms in total. The van der Waals surface area contributed by atoms with Crippen LogP contribution in [-0.4, -0.2) is 79.4 Å². The lowest BCUT2D eigenvalue weighted by molar-refractivity contribution is -0.122. The van der Waals surface area contributed by atoms with Crippen LogP contribution in [0.5, 0.6) is 5.75 Å². The molecule has 2 aliphatic rings. The topological polar surface area (TPSA) is 71.9 Å². The summed E-state index contributed by atoms with van der Waals surface area (Å²) in [5.41, 5.74) is 1.02. The maximum Gasteiger partial charge on any atom is 0.234 e. The fourth-order valence-corrected chi connectivity index (χ4v) is 3.89. The third-order valence-electron chi connectivity index (χ3n) is 5.53. The predicted octanol–water partition coefficient (Wildman–Crippen LogP) is 1.30. The first-order valence-electron chi connectivity index (χ1n) is 10.3. The standard InChI is InChI=1S/C21H29N5O3/c1-28-18-5-2-4-17(14-18)26-8-7-22-21(26)25-11-9-24(10-12-25)16-20(27)23-15-19-6-3-13-29-19/h2,4-5,7-8,14,19H,3,6,9-13,15-16H2,1H3,(H,23,27). The van der Waals surface area contributed by atoms with Crippen molar-refractivity contribution in [1.82, 2.24) is 19.8 Å². The number of amides is 1. The Morgan fingerprint density at radius 2 is 2.17 bits per heavy atom. The van der Waals surface area contributed by atoms with Crippen molar-refractivity contribution in [2.45, 2.75) is 18.9 Å². The van der Waals surface area contributed by atoms with E-state index in [4.69, 9.17) is 9.47 Å². The molecule has 156 valence electrons. The van der Waals surface area contributed by atoms with Crippen LogP contribution in [-0.2, 0) is 9.53 Å². The second-order valence-electron chi connectivity index (χ2n) is 7.50. The third kappa shape index (κ3) is 4.89. The lowest BCUT2D eigenvalue weighted by atomic mass is 10.2. The largest absolute Gasteiger partial charge is 0.497 e. The number of hydrogen-bond acceptors (Lipinski definition) is 6. The summed E-state index contributed by atoms with van der Waals surface area (Å²) >= 11 is 0. The summed E-state index contributed by atoms with van der Waals surface area (Å²) < 4.78 is 13.0. The van der Waals surface area contributed by atoms with Gasteiger partial charge in [0, 0.05) is 57.8 Å². The van der Waals surface area contributed by atoms with Gasteiger partial charge in [-0.05, 0) is 25.0 Å². The molecule has 29 heavy (non-hydrogen) atoms. The fraction of sp³-hybridized carbons (Fsp3) is 0.524. The van der Waals surface area contributed by atoms with Gasteiger partial charge in [-0.3, -0.25) is 14.3 Å². The first-order valence-corrected chi connectivity index (χ1v) is 10.3. The maximum absolute atomic E-state index is 12.2. The Labute approximate surface area is 171 Å². The SMILES string of the molecule is COc1cccc(-n2ccnc2N2CCN(CC(=O)NCC3CCCO3)CC2)c1. The van der Waals surface area contributed by atoms with Gasteiger partial charge < -0.3 is 19.7 Å². The third-order valence-corrected chi connectivity index (χ3v) is 5.53. The number of ether oxygens (including phenoxy) is 2. The van der Waals surface area contributed by atoms with E-state index >= 15 is 0 Å². The fourth-order valence-electron chi connectivity index (χ4n) is 3.89. The Kier molecular flexibility index (Phi) is 6.31. The van der Waals surface area contributed by atoms with Crippen LogP contribution in [0.1, 0.15) is 12.8 Å². The molecule has 0 saturated carbocycles. The molecule has 1 aromatic carbocycles. The van der Waals surface area contributed by atoms with Crippen LogP contribution < -0.4 is 15.0 Å². The van der Waals surface area contributed by atoms with Crippen LogP contribution in [0.3, 0.4) is 0 Å². The average molecular weight is 399 g/mol. The van der Waals surface area contributed by atoms with Gasteiger partial charge in [-0.1, -0.05) is 6.07 Å². The minimum absolute atomic E-state index is 0.0758. The van der Waals surface area contributed by atoms with Crippen LogP contribution >= 0.6 is 0 Å². The van der Waals surface area contributed by atoms with Crippen LogP contribution in [0.15, 0.2) is 36.7 Å². The monoisotopic (exact) mass is 399 g/mol. The highest BCUT2D eigenvalue weighted by Gasteiger charge is 2.23. The van der Waals surface area contributed by atoms with Gasteiger partial charge in [0.15, 0.2) is 0 Å². The van der Waals surface area contributed by atoms with E-state index in [-0.39, 0.29) is 12.0 Å². The number of piperazine rings is 1. The second-order valence-corrected chi connectivity index (χ2v) is 7.50. The molecule has 0 aliphatic carbocycles. The molecule has 8 heteroatoms. The van der Waals surface area contributed by atoms with Gasteiger partial charge in [-0.15, -0.1) is 0 Å². The Hall–Kier alpha value is -2.58. The Morgan fingerprint density at radius 1 is 1.31 bits per heavy atom. The van der Waals surface area contributed by atoms with E-state index in [1.165, 1.54) is 0 Å². The highest BCUT2D eigenvalue weighted by Crippen LogP contribution is 2.22.